The molecule has 0 heterocycles. The number of anilines is 1. The smallest absolute Gasteiger partial charge is 0.338 e. The van der Waals surface area contributed by atoms with Crippen LogP contribution in [0.4, 0.5) is 5.69 Å². The Labute approximate surface area is 115 Å². The quantitative estimate of drug-likeness (QED) is 0.451. The molecule has 1 rings (SSSR count). The molecule has 1 aromatic carbocycles. The Morgan fingerprint density at radius 1 is 1.32 bits per heavy atom. The average molecular weight is 264 g/mol. The predicted octanol–water partition coefficient (Wildman–Crippen LogP) is 2.59. The van der Waals surface area contributed by atoms with Crippen molar-refractivity contribution < 1.29 is 9.53 Å². The zero-order valence-corrected chi connectivity index (χ0v) is 12.0. The van der Waals surface area contributed by atoms with Gasteiger partial charge in [-0.1, -0.05) is 13.3 Å². The Balaban J connectivity index is 2.42. The molecule has 0 radical (unpaired) electrons. The fourth-order valence-electron chi connectivity index (χ4n) is 1.60. The normalized spacial score (nSPS) is 11.3. The summed E-state index contributed by atoms with van der Waals surface area (Å²) in [6.45, 7) is 7.48. The Bertz CT molecular complexity index is 399. The number of carbonyl (C=O) groups is 1. The Hall–Kier alpha value is -1.55. The van der Waals surface area contributed by atoms with E-state index in [1.165, 1.54) is 0 Å². The lowest BCUT2D eigenvalue weighted by Crippen LogP contribution is -2.44. The maximum Gasteiger partial charge on any atom is 0.338 e. The summed E-state index contributed by atoms with van der Waals surface area (Å²) in [5.41, 5.74) is 6.53. The molecule has 0 aliphatic carbocycles. The summed E-state index contributed by atoms with van der Waals surface area (Å²) in [6, 6.07) is 6.74. The van der Waals surface area contributed by atoms with Crippen molar-refractivity contribution in [2.45, 2.75) is 39.2 Å². The minimum atomic E-state index is -0.314. The van der Waals surface area contributed by atoms with Crippen LogP contribution in [0.1, 0.15) is 44.0 Å². The monoisotopic (exact) mass is 264 g/mol. The number of nitrogens with two attached hydrogens (primary N) is 1. The highest BCUT2D eigenvalue weighted by atomic mass is 16.5. The zero-order valence-electron chi connectivity index (χ0n) is 12.0. The van der Waals surface area contributed by atoms with Crippen LogP contribution in [0.15, 0.2) is 24.3 Å². The largest absolute Gasteiger partial charge is 0.460 e. The van der Waals surface area contributed by atoms with E-state index in [9.17, 15) is 4.79 Å². The molecule has 4 heteroatoms. The third kappa shape index (κ3) is 5.75. The molecule has 0 aliphatic heterocycles. The molecule has 3 N–H and O–H groups in total. The van der Waals surface area contributed by atoms with Gasteiger partial charge in [-0.05, 0) is 51.1 Å². The van der Waals surface area contributed by atoms with Crippen molar-refractivity contribution in [3.8, 4) is 0 Å². The summed E-state index contributed by atoms with van der Waals surface area (Å²) in [4.78, 5) is 11.8. The predicted molar refractivity (Wildman–Crippen MR) is 78.1 cm³/mol. The van der Waals surface area contributed by atoms with Gasteiger partial charge in [-0.25, -0.2) is 4.79 Å². The third-order valence-electron chi connectivity index (χ3n) is 2.84. The first-order valence-electron chi connectivity index (χ1n) is 6.72. The number of hydrogen-bond donors (Lipinski definition) is 2. The lowest BCUT2D eigenvalue weighted by atomic mass is 10.1. The number of hydrogen-bond acceptors (Lipinski definition) is 4. The fraction of sp³-hybridized carbons (Fsp3) is 0.533. The molecule has 19 heavy (non-hydrogen) atoms. The molecule has 106 valence electrons. The minimum Gasteiger partial charge on any atom is -0.460 e. The molecular weight excluding hydrogens is 240 g/mol. The van der Waals surface area contributed by atoms with E-state index in [1.807, 2.05) is 13.8 Å². The highest BCUT2D eigenvalue weighted by Crippen LogP contribution is 2.09. The Kier molecular flexibility index (Phi) is 5.83. The van der Waals surface area contributed by atoms with Gasteiger partial charge in [0.15, 0.2) is 0 Å². The second-order valence-electron chi connectivity index (χ2n) is 5.36. The van der Waals surface area contributed by atoms with Gasteiger partial charge in [0.05, 0.1) is 5.56 Å². The number of esters is 1. The maximum atomic E-state index is 11.8. The van der Waals surface area contributed by atoms with E-state index in [4.69, 9.17) is 10.5 Å². The molecule has 0 fully saturated rings. The maximum absolute atomic E-state index is 11.8. The van der Waals surface area contributed by atoms with E-state index in [0.717, 1.165) is 19.4 Å². The van der Waals surface area contributed by atoms with Crippen molar-refractivity contribution in [3.05, 3.63) is 29.8 Å². The molecule has 1 aromatic rings. The molecule has 4 nitrogen and oxygen atoms in total. The van der Waals surface area contributed by atoms with Gasteiger partial charge in [0.2, 0.25) is 0 Å². The SMILES string of the molecule is CCCCNC(C)(C)COC(=O)c1ccc(N)cc1. The summed E-state index contributed by atoms with van der Waals surface area (Å²) < 4.78 is 5.32. The van der Waals surface area contributed by atoms with E-state index in [2.05, 4.69) is 12.2 Å². The van der Waals surface area contributed by atoms with Crippen molar-refractivity contribution in [2.75, 3.05) is 18.9 Å². The molecule has 0 saturated heterocycles. The van der Waals surface area contributed by atoms with Gasteiger partial charge in [0.25, 0.3) is 0 Å². The van der Waals surface area contributed by atoms with Crippen LogP contribution in [0, 0.1) is 0 Å². The van der Waals surface area contributed by atoms with Crippen LogP contribution in [0.3, 0.4) is 0 Å². The van der Waals surface area contributed by atoms with Crippen LogP contribution < -0.4 is 11.1 Å². The van der Waals surface area contributed by atoms with Crippen LogP contribution in [0.2, 0.25) is 0 Å². The van der Waals surface area contributed by atoms with Crippen molar-refractivity contribution in [2.24, 2.45) is 0 Å². The van der Waals surface area contributed by atoms with E-state index >= 15 is 0 Å². The van der Waals surface area contributed by atoms with Gasteiger partial charge < -0.3 is 15.8 Å². The summed E-state index contributed by atoms with van der Waals surface area (Å²) in [5.74, 6) is -0.314. The second kappa shape index (κ2) is 7.14. The fourth-order valence-corrected chi connectivity index (χ4v) is 1.60. The lowest BCUT2D eigenvalue weighted by Gasteiger charge is -2.25. The van der Waals surface area contributed by atoms with Crippen LogP contribution in [-0.2, 0) is 4.74 Å². The van der Waals surface area contributed by atoms with Gasteiger partial charge in [0, 0.05) is 11.2 Å². The number of rotatable bonds is 7. The summed E-state index contributed by atoms with van der Waals surface area (Å²) in [7, 11) is 0. The number of carbonyl (C=O) groups excluding carboxylic acids is 1. The van der Waals surface area contributed by atoms with Crippen LogP contribution >= 0.6 is 0 Å². The molecule has 0 saturated carbocycles. The van der Waals surface area contributed by atoms with Crippen molar-refractivity contribution in [3.63, 3.8) is 0 Å². The highest BCUT2D eigenvalue weighted by molar-refractivity contribution is 5.89. The summed E-state index contributed by atoms with van der Waals surface area (Å²) in [6.07, 6.45) is 2.27. The zero-order chi connectivity index (χ0) is 14.3. The van der Waals surface area contributed by atoms with Gasteiger partial charge in [-0.2, -0.15) is 0 Å². The van der Waals surface area contributed by atoms with Crippen LogP contribution in [0.5, 0.6) is 0 Å². The van der Waals surface area contributed by atoms with Gasteiger partial charge >= 0.3 is 5.97 Å². The van der Waals surface area contributed by atoms with Crippen molar-refractivity contribution >= 4 is 11.7 Å². The van der Waals surface area contributed by atoms with Crippen molar-refractivity contribution in [1.82, 2.24) is 5.32 Å². The number of ether oxygens (including phenoxy) is 1. The Morgan fingerprint density at radius 3 is 2.53 bits per heavy atom. The molecular formula is C15H24N2O2. The third-order valence-corrected chi connectivity index (χ3v) is 2.84. The summed E-state index contributed by atoms with van der Waals surface area (Å²) >= 11 is 0. The standard InChI is InChI=1S/C15H24N2O2/c1-4-5-10-17-15(2,3)11-19-14(18)12-6-8-13(16)9-7-12/h6-9,17H,4-5,10-11,16H2,1-3H3. The molecule has 0 amide bonds. The molecule has 0 aliphatic rings. The summed E-state index contributed by atoms with van der Waals surface area (Å²) in [5, 5.41) is 3.38. The average Bonchev–Trinajstić information content (AvgIpc) is 2.37. The first-order valence-corrected chi connectivity index (χ1v) is 6.72. The van der Waals surface area contributed by atoms with E-state index in [-0.39, 0.29) is 11.5 Å². The second-order valence-corrected chi connectivity index (χ2v) is 5.36. The van der Waals surface area contributed by atoms with Gasteiger partial charge in [-0.15, -0.1) is 0 Å². The van der Waals surface area contributed by atoms with Crippen LogP contribution in [0.25, 0.3) is 0 Å². The number of unbranched alkanes of at least 4 members (excludes halogenated alkanes) is 1. The van der Waals surface area contributed by atoms with Gasteiger partial charge in [0.1, 0.15) is 6.61 Å². The van der Waals surface area contributed by atoms with Crippen molar-refractivity contribution in [1.29, 1.82) is 0 Å². The number of nitrogen functional groups attached to an aromatic ring is 1. The van der Waals surface area contributed by atoms with E-state index in [1.54, 1.807) is 24.3 Å². The van der Waals surface area contributed by atoms with Crippen LogP contribution in [-0.4, -0.2) is 24.7 Å². The van der Waals surface area contributed by atoms with Gasteiger partial charge in [-0.3, -0.25) is 0 Å². The van der Waals surface area contributed by atoms with E-state index in [0.29, 0.717) is 17.9 Å². The van der Waals surface area contributed by atoms with E-state index < -0.39 is 0 Å². The molecule has 0 spiro atoms. The number of nitrogens with one attached hydrogen (secondary N) is 1. The Morgan fingerprint density at radius 2 is 1.95 bits per heavy atom. The minimum absolute atomic E-state index is 0.210. The molecule has 0 aromatic heterocycles. The number of benzene rings is 1. The molecule has 0 atom stereocenters. The molecule has 0 bridgehead atoms. The first-order chi connectivity index (χ1) is 8.94. The topological polar surface area (TPSA) is 64.3 Å². The molecule has 0 unspecified atom stereocenters. The first kappa shape index (κ1) is 15.5. The lowest BCUT2D eigenvalue weighted by molar-refractivity contribution is 0.0400. The highest BCUT2D eigenvalue weighted by Gasteiger charge is 2.19.